The van der Waals surface area contributed by atoms with E-state index in [9.17, 15) is 44.4 Å². The van der Waals surface area contributed by atoms with Crippen LogP contribution >= 0.6 is 0 Å². The number of hydrogen-bond acceptors (Lipinski definition) is 11. The molecule has 3 heterocycles. The fourth-order valence-electron chi connectivity index (χ4n) is 9.28. The number of carboxylic acid groups (broad SMARTS) is 2. The van der Waals surface area contributed by atoms with Crippen LogP contribution in [0.2, 0.25) is 0 Å². The molecule has 3 aromatic rings. The highest BCUT2D eigenvalue weighted by Crippen LogP contribution is 2.64. The summed E-state index contributed by atoms with van der Waals surface area (Å²) in [6.45, 7) is 16.3. The molecule has 1 aliphatic carbocycles. The lowest BCUT2D eigenvalue weighted by Crippen LogP contribution is -2.66. The Morgan fingerprint density at radius 3 is 2.15 bits per heavy atom. The van der Waals surface area contributed by atoms with Gasteiger partial charge in [-0.1, -0.05) is 47.6 Å². The van der Waals surface area contributed by atoms with Crippen LogP contribution in [0, 0.1) is 5.92 Å². The van der Waals surface area contributed by atoms with Gasteiger partial charge in [0, 0.05) is 41.7 Å². The Kier molecular flexibility index (Phi) is 14.1. The third-order valence-corrected chi connectivity index (χ3v) is 12.6. The van der Waals surface area contributed by atoms with E-state index in [1.165, 1.54) is 37.6 Å². The van der Waals surface area contributed by atoms with Crippen LogP contribution in [0.4, 0.5) is 5.69 Å². The van der Waals surface area contributed by atoms with Crippen LogP contribution in [0.15, 0.2) is 101 Å². The molecule has 7 rings (SSSR count). The number of ether oxygens (including phenoxy) is 4. The van der Waals surface area contributed by atoms with E-state index in [-0.39, 0.29) is 51.8 Å². The molecule has 0 bridgehead atoms. The first-order chi connectivity index (χ1) is 31.5. The van der Waals surface area contributed by atoms with E-state index in [1.54, 1.807) is 62.4 Å². The molecule has 354 valence electrons. The van der Waals surface area contributed by atoms with Crippen molar-refractivity contribution >= 4 is 41.4 Å². The number of hydrogen-bond donors (Lipinski definition) is 5. The fourth-order valence-corrected chi connectivity index (χ4v) is 9.28. The molecule has 0 saturated carbocycles. The highest BCUT2D eigenvalue weighted by Gasteiger charge is 2.77. The number of aliphatic carboxylic acids is 2. The topological polar surface area (TPSA) is 215 Å². The molecule has 3 aliphatic heterocycles. The van der Waals surface area contributed by atoms with Gasteiger partial charge in [-0.2, -0.15) is 0 Å². The maximum Gasteiger partial charge on any atom is 0.347 e. The Morgan fingerprint density at radius 2 is 1.54 bits per heavy atom. The normalized spacial score (nSPS) is 22.9. The molecule has 14 nitrogen and oxygen atoms in total. The molecule has 5 N–H and O–H groups in total. The molecule has 1 spiro atoms. The van der Waals surface area contributed by atoms with Gasteiger partial charge < -0.3 is 44.7 Å². The molecule has 1 fully saturated rings. The van der Waals surface area contributed by atoms with Gasteiger partial charge in [-0.25, -0.2) is 14.4 Å². The second kappa shape index (κ2) is 19.1. The molecule has 1 amide bonds. The summed E-state index contributed by atoms with van der Waals surface area (Å²) in [5.41, 5.74) is -1.96. The maximum absolute atomic E-state index is 14.7. The van der Waals surface area contributed by atoms with Gasteiger partial charge in [-0.3, -0.25) is 9.59 Å². The summed E-state index contributed by atoms with van der Waals surface area (Å²) in [5.74, 6) is -4.16. The predicted molar refractivity (Wildman–Crippen MR) is 252 cm³/mol. The molecule has 1 saturated heterocycles. The number of aromatic hydroxyl groups is 2. The van der Waals surface area contributed by atoms with E-state index in [4.69, 9.17) is 18.9 Å². The summed E-state index contributed by atoms with van der Waals surface area (Å²) in [5, 5.41) is 44.6. The number of anilines is 1. The number of para-hydroxylation sites is 1. The lowest BCUT2D eigenvalue weighted by molar-refractivity contribution is -0.184. The van der Waals surface area contributed by atoms with Crippen LogP contribution in [-0.4, -0.2) is 72.4 Å². The van der Waals surface area contributed by atoms with E-state index in [2.05, 4.69) is 11.4 Å². The second-order valence-electron chi connectivity index (χ2n) is 18.6. The Hall–Kier alpha value is -6.93. The number of rotatable bonds is 12. The first kappa shape index (κ1) is 49.5. The first-order valence-electron chi connectivity index (χ1n) is 22.2. The summed E-state index contributed by atoms with van der Waals surface area (Å²) < 4.78 is 25.4. The smallest absolute Gasteiger partial charge is 0.347 e. The molecular formula is C53H59NO13. The lowest BCUT2D eigenvalue weighted by Gasteiger charge is -2.50. The molecule has 67 heavy (non-hydrogen) atoms. The van der Waals surface area contributed by atoms with E-state index in [0.29, 0.717) is 54.0 Å². The molecule has 14 heteroatoms. The van der Waals surface area contributed by atoms with Crippen molar-refractivity contribution in [3.05, 3.63) is 123 Å². The minimum absolute atomic E-state index is 0.0407. The minimum atomic E-state index is -2.16. The number of carboxylic acids is 2. The molecule has 4 aliphatic rings. The number of amides is 1. The Bertz CT molecular complexity index is 2660. The van der Waals surface area contributed by atoms with E-state index in [0.717, 1.165) is 12.0 Å². The maximum atomic E-state index is 14.7. The summed E-state index contributed by atoms with van der Waals surface area (Å²) in [6, 6.07) is 12.5. The minimum Gasteiger partial charge on any atom is -0.507 e. The Morgan fingerprint density at radius 1 is 0.866 bits per heavy atom. The Labute approximate surface area is 390 Å². The summed E-state index contributed by atoms with van der Waals surface area (Å²) in [7, 11) is 0. The largest absolute Gasteiger partial charge is 0.507 e. The van der Waals surface area contributed by atoms with E-state index in [1.807, 2.05) is 46.8 Å². The molecular weight excluding hydrogens is 859 g/mol. The zero-order valence-electron chi connectivity index (χ0n) is 39.4. The van der Waals surface area contributed by atoms with Gasteiger partial charge in [0.05, 0.1) is 11.2 Å². The third kappa shape index (κ3) is 9.67. The van der Waals surface area contributed by atoms with Crippen molar-refractivity contribution in [1.29, 1.82) is 0 Å². The van der Waals surface area contributed by atoms with E-state index < -0.39 is 52.0 Å². The zero-order valence-corrected chi connectivity index (χ0v) is 39.4. The van der Waals surface area contributed by atoms with Gasteiger partial charge in [0.25, 0.3) is 0 Å². The Balaban J connectivity index is 0.000000308. The highest BCUT2D eigenvalue weighted by molar-refractivity contribution is 6.17. The van der Waals surface area contributed by atoms with Crippen molar-refractivity contribution in [3.63, 3.8) is 0 Å². The highest BCUT2D eigenvalue weighted by atomic mass is 16.6. The van der Waals surface area contributed by atoms with Crippen molar-refractivity contribution in [3.8, 4) is 28.7 Å². The summed E-state index contributed by atoms with van der Waals surface area (Å²) in [6.07, 6.45) is 13.1. The van der Waals surface area contributed by atoms with Crippen LogP contribution < -0.4 is 19.5 Å². The average molecular weight is 918 g/mol. The van der Waals surface area contributed by atoms with Crippen molar-refractivity contribution in [1.82, 2.24) is 0 Å². The van der Waals surface area contributed by atoms with Gasteiger partial charge >= 0.3 is 17.9 Å². The number of phenolic OH excluding ortho intramolecular Hbond substituents is 2. The molecule has 0 aromatic heterocycles. The van der Waals surface area contributed by atoms with Crippen LogP contribution in [0.25, 0.3) is 6.08 Å². The number of ketones is 1. The van der Waals surface area contributed by atoms with Crippen LogP contribution in [0.3, 0.4) is 0 Å². The van der Waals surface area contributed by atoms with Crippen molar-refractivity contribution in [2.24, 2.45) is 5.92 Å². The number of carbonyl (C=O) groups excluding carboxylic acids is 3. The number of esters is 1. The SMILES string of the molecule is CC(=O)Nc1ccc(OC(=O)c2ccccc2O)cc1.CC(C)=CCCC1(C)C=Cc2c(O)c3c(c(CC=C(C)C)c2O1)OC12C(=CCCC1C(C)(C)OC2(CC=C(C)C(=O)O)C(=O)O)C3=O. The quantitative estimate of drug-likeness (QED) is 0.0495. The van der Waals surface area contributed by atoms with Crippen molar-refractivity contribution in [2.75, 3.05) is 5.32 Å². The first-order valence-corrected chi connectivity index (χ1v) is 22.2. The number of allylic oxidation sites excluding steroid dienone is 5. The monoisotopic (exact) mass is 917 g/mol. The average Bonchev–Trinajstić information content (AvgIpc) is 3.45. The molecule has 4 unspecified atom stereocenters. The number of benzene rings is 3. The number of nitrogens with one attached hydrogen (secondary N) is 1. The molecule has 4 atom stereocenters. The second-order valence-corrected chi connectivity index (χ2v) is 18.6. The number of Topliss-reactive ketones (excluding diaryl/α,β-unsaturated/α-hetero) is 1. The summed E-state index contributed by atoms with van der Waals surface area (Å²) in [4.78, 5) is 62.8. The van der Waals surface area contributed by atoms with Gasteiger partial charge in [0.1, 0.15) is 45.5 Å². The fraction of sp³-hybridized carbons (Fsp3) is 0.377. The number of phenols is 2. The van der Waals surface area contributed by atoms with Gasteiger partial charge in [-0.05, 0) is 136 Å². The molecule has 0 radical (unpaired) electrons. The van der Waals surface area contributed by atoms with Gasteiger partial charge in [0.15, 0.2) is 11.4 Å². The van der Waals surface area contributed by atoms with Crippen LogP contribution in [-0.2, 0) is 25.5 Å². The van der Waals surface area contributed by atoms with Crippen molar-refractivity contribution in [2.45, 2.75) is 123 Å². The third-order valence-electron chi connectivity index (χ3n) is 12.6. The van der Waals surface area contributed by atoms with Crippen molar-refractivity contribution < 1.29 is 63.3 Å². The lowest BCUT2D eigenvalue weighted by atomic mass is 9.60. The standard InChI is InChI=1S/C38H46O9.C15H13NO4/c1-21(2)11-10-18-36(8)19-17-24-29(39)28-30(40)26-12-9-13-27-35(6,7)47-37(34(43)44,20-16-23(5)33(41)42)38(26,27)46-32(28)25(31(24)45-36)15-14-22(3)4;1-10(17)16-11-6-8-12(9-7-11)20-15(19)13-4-2-3-5-14(13)18/h11-12,14,16-17,19,27,39H,9-10,13,15,18,20H2,1-8H3,(H,41,42)(H,43,44);2-9,18H,1H3,(H,16,17). The predicted octanol–water partition coefficient (Wildman–Crippen LogP) is 10.1. The molecule has 3 aromatic carbocycles. The van der Waals surface area contributed by atoms with Crippen LogP contribution in [0.5, 0.6) is 28.7 Å². The van der Waals surface area contributed by atoms with Gasteiger partial charge in [0.2, 0.25) is 11.5 Å². The zero-order chi connectivity index (χ0) is 49.2. The summed E-state index contributed by atoms with van der Waals surface area (Å²) >= 11 is 0. The van der Waals surface area contributed by atoms with Crippen LogP contribution in [0.1, 0.15) is 126 Å². The number of carbonyl (C=O) groups is 5. The van der Waals surface area contributed by atoms with Gasteiger partial charge in [-0.15, -0.1) is 0 Å². The van der Waals surface area contributed by atoms with E-state index >= 15 is 0 Å². The number of fused-ring (bicyclic) bond motifs is 2.